The van der Waals surface area contributed by atoms with E-state index in [1.807, 2.05) is 0 Å². The van der Waals surface area contributed by atoms with Gasteiger partial charge < -0.3 is 29.5 Å². The largest absolute Gasteiger partial charge is 0.466 e. The number of nitrogens with one attached hydrogen (secondary N) is 1. The molecule has 0 aromatic rings. The molecule has 1 aliphatic rings. The molecule has 11 heteroatoms. The van der Waals surface area contributed by atoms with Crippen molar-refractivity contribution in [2.45, 2.75) is 52.0 Å². The molecule has 1 heterocycles. The van der Waals surface area contributed by atoms with Gasteiger partial charge in [-0.2, -0.15) is 0 Å². The zero-order valence-electron chi connectivity index (χ0n) is 14.2. The van der Waals surface area contributed by atoms with Crippen molar-refractivity contribution >= 4 is 29.7 Å². The summed E-state index contributed by atoms with van der Waals surface area (Å²) in [7, 11) is 0. The summed E-state index contributed by atoms with van der Waals surface area (Å²) in [5.41, 5.74) is 0. The van der Waals surface area contributed by atoms with E-state index in [1.165, 1.54) is 6.92 Å². The summed E-state index contributed by atoms with van der Waals surface area (Å²) in [6, 6.07) is -1.20. The van der Waals surface area contributed by atoms with Gasteiger partial charge in [-0.3, -0.25) is 19.2 Å². The van der Waals surface area contributed by atoms with Crippen LogP contribution in [0.1, 0.15) is 27.7 Å². The van der Waals surface area contributed by atoms with Crippen molar-refractivity contribution in [1.29, 1.82) is 0 Å². The Labute approximate surface area is 143 Å². The number of carbonyl (C=O) groups excluding carboxylic acids is 4. The molecule has 0 spiro atoms. The van der Waals surface area contributed by atoms with E-state index in [-0.39, 0.29) is 12.5 Å². The Morgan fingerprint density at radius 3 is 2.04 bits per heavy atom. The Morgan fingerprint density at radius 1 is 1.04 bits per heavy atom. The second-order valence-electron chi connectivity index (χ2n) is 5.22. The normalized spacial score (nSPS) is 27.0. The Balaban J connectivity index is 3.23. The van der Waals surface area contributed by atoms with Gasteiger partial charge in [0.25, 0.3) is 5.90 Å². The van der Waals surface area contributed by atoms with Crippen LogP contribution >= 0.6 is 0 Å². The molecular formula is C14H20N2O9. The first kappa shape index (κ1) is 20.2. The number of amides is 1. The quantitative estimate of drug-likeness (QED) is 0.275. The molecule has 11 nitrogen and oxygen atoms in total. The first-order chi connectivity index (χ1) is 11.6. The third-order valence-corrected chi connectivity index (χ3v) is 3.07. The summed E-state index contributed by atoms with van der Waals surface area (Å²) in [5, 5.41) is 14.5. The minimum atomic E-state index is -1.26. The van der Waals surface area contributed by atoms with Gasteiger partial charge in [0.15, 0.2) is 18.3 Å². The summed E-state index contributed by atoms with van der Waals surface area (Å²) >= 11 is 0. The lowest BCUT2D eigenvalue weighted by molar-refractivity contribution is -0.186. The first-order valence-electron chi connectivity index (χ1n) is 7.29. The molecule has 2 N–H and O–H groups in total. The lowest BCUT2D eigenvalue weighted by atomic mass is 9.96. The fourth-order valence-corrected chi connectivity index (χ4v) is 2.28. The highest BCUT2D eigenvalue weighted by Gasteiger charge is 2.50. The van der Waals surface area contributed by atoms with Crippen LogP contribution in [-0.2, 0) is 38.1 Å². The molecule has 140 valence electrons. The molecule has 1 fully saturated rings. The molecule has 0 aromatic carbocycles. The van der Waals surface area contributed by atoms with Gasteiger partial charge >= 0.3 is 17.9 Å². The lowest BCUT2D eigenvalue weighted by Crippen LogP contribution is -2.64. The van der Waals surface area contributed by atoms with Crippen LogP contribution in [0.2, 0.25) is 0 Å². The average molecular weight is 360 g/mol. The number of carbonyl (C=O) groups is 4. The summed E-state index contributed by atoms with van der Waals surface area (Å²) < 4.78 is 20.5. The van der Waals surface area contributed by atoms with Crippen molar-refractivity contribution in [1.82, 2.24) is 5.32 Å². The number of hydrogen-bond donors (Lipinski definition) is 2. The Bertz CT molecular complexity index is 575. The second kappa shape index (κ2) is 8.85. The second-order valence-corrected chi connectivity index (χ2v) is 5.22. The topological polar surface area (TPSA) is 150 Å². The van der Waals surface area contributed by atoms with Gasteiger partial charge in [-0.25, -0.2) is 0 Å². The molecule has 0 saturated carbocycles. The SMILES string of the molecule is CC(=O)NC1/C(=N/O)OC(COC(C)=O)[C@@H](OC(C)=O)C1OC(C)=O. The fourth-order valence-electron chi connectivity index (χ4n) is 2.28. The van der Waals surface area contributed by atoms with Gasteiger partial charge in [-0.15, -0.1) is 0 Å². The zero-order valence-corrected chi connectivity index (χ0v) is 14.2. The van der Waals surface area contributed by atoms with E-state index < -0.39 is 48.2 Å². The van der Waals surface area contributed by atoms with Crippen LogP contribution in [0.5, 0.6) is 0 Å². The van der Waals surface area contributed by atoms with Crippen molar-refractivity contribution in [3.8, 4) is 0 Å². The fraction of sp³-hybridized carbons (Fsp3) is 0.643. The predicted octanol–water partition coefficient (Wildman–Crippen LogP) is -0.896. The van der Waals surface area contributed by atoms with Crippen LogP contribution in [0.4, 0.5) is 0 Å². The third-order valence-electron chi connectivity index (χ3n) is 3.07. The standard InChI is InChI=1S/C14H20N2O9/c1-6(17)15-11-13(24-9(4)20)12(23-8(3)19)10(5-22-7(2)18)25-14(11)16-21/h10-13,21H,5H2,1-4H3,(H,15,17)/b16-14-/t10?,11?,12-,13?/m1/s1. The smallest absolute Gasteiger partial charge is 0.303 e. The van der Waals surface area contributed by atoms with E-state index in [9.17, 15) is 19.2 Å². The maximum atomic E-state index is 11.4. The van der Waals surface area contributed by atoms with Gasteiger partial charge in [-0.1, -0.05) is 5.16 Å². The molecule has 0 aliphatic carbocycles. The number of esters is 3. The van der Waals surface area contributed by atoms with E-state index in [0.29, 0.717) is 0 Å². The first-order valence-corrected chi connectivity index (χ1v) is 7.29. The van der Waals surface area contributed by atoms with Gasteiger partial charge in [-0.05, 0) is 0 Å². The number of nitrogens with zero attached hydrogens (tertiary/aromatic N) is 1. The van der Waals surface area contributed by atoms with Gasteiger partial charge in [0, 0.05) is 27.7 Å². The predicted molar refractivity (Wildman–Crippen MR) is 79.4 cm³/mol. The minimum absolute atomic E-state index is 0.364. The molecule has 1 aliphatic heterocycles. The highest BCUT2D eigenvalue weighted by molar-refractivity contribution is 5.88. The minimum Gasteiger partial charge on any atom is -0.466 e. The van der Waals surface area contributed by atoms with Crippen molar-refractivity contribution < 1.29 is 43.3 Å². The molecular weight excluding hydrogens is 340 g/mol. The number of hydrogen-bond acceptors (Lipinski definition) is 10. The van der Waals surface area contributed by atoms with Crippen LogP contribution in [0, 0.1) is 0 Å². The van der Waals surface area contributed by atoms with Crippen molar-refractivity contribution in [2.75, 3.05) is 6.61 Å². The molecule has 1 amide bonds. The highest BCUT2D eigenvalue weighted by Crippen LogP contribution is 2.24. The summed E-state index contributed by atoms with van der Waals surface area (Å²) in [5.74, 6) is -3.00. The molecule has 25 heavy (non-hydrogen) atoms. The molecule has 0 aromatic heterocycles. The Hall–Kier alpha value is -2.85. The van der Waals surface area contributed by atoms with Crippen molar-refractivity contribution in [3.05, 3.63) is 0 Å². The van der Waals surface area contributed by atoms with Crippen LogP contribution in [0.3, 0.4) is 0 Å². The lowest BCUT2D eigenvalue weighted by Gasteiger charge is -2.41. The Kier molecular flexibility index (Phi) is 7.15. The molecule has 3 unspecified atom stereocenters. The molecule has 1 rings (SSSR count). The number of rotatable bonds is 5. The van der Waals surface area contributed by atoms with Gasteiger partial charge in [0.2, 0.25) is 5.91 Å². The van der Waals surface area contributed by atoms with E-state index in [4.69, 9.17) is 24.2 Å². The zero-order chi connectivity index (χ0) is 19.1. The molecule has 0 radical (unpaired) electrons. The van der Waals surface area contributed by atoms with E-state index in [0.717, 1.165) is 20.8 Å². The van der Waals surface area contributed by atoms with Crippen molar-refractivity contribution in [2.24, 2.45) is 5.16 Å². The summed E-state index contributed by atoms with van der Waals surface area (Å²) in [4.78, 5) is 45.3. The summed E-state index contributed by atoms with van der Waals surface area (Å²) in [6.07, 6.45) is -3.60. The Morgan fingerprint density at radius 2 is 1.60 bits per heavy atom. The maximum absolute atomic E-state index is 11.4. The summed E-state index contributed by atoms with van der Waals surface area (Å²) in [6.45, 7) is 4.22. The van der Waals surface area contributed by atoms with Crippen LogP contribution in [-0.4, -0.2) is 65.9 Å². The molecule has 4 atom stereocenters. The van der Waals surface area contributed by atoms with Gasteiger partial charge in [0.05, 0.1) is 0 Å². The van der Waals surface area contributed by atoms with E-state index >= 15 is 0 Å². The van der Waals surface area contributed by atoms with Gasteiger partial charge in [0.1, 0.15) is 12.6 Å². The van der Waals surface area contributed by atoms with E-state index in [1.54, 1.807) is 0 Å². The van der Waals surface area contributed by atoms with Crippen LogP contribution in [0.25, 0.3) is 0 Å². The number of ether oxygens (including phenoxy) is 4. The maximum Gasteiger partial charge on any atom is 0.303 e. The van der Waals surface area contributed by atoms with Crippen LogP contribution < -0.4 is 5.32 Å². The monoisotopic (exact) mass is 360 g/mol. The molecule has 1 saturated heterocycles. The highest BCUT2D eigenvalue weighted by atomic mass is 16.6. The van der Waals surface area contributed by atoms with Crippen LogP contribution in [0.15, 0.2) is 5.16 Å². The third kappa shape index (κ3) is 5.94. The number of oxime groups is 1. The van der Waals surface area contributed by atoms with E-state index in [2.05, 4.69) is 10.5 Å². The molecule has 0 bridgehead atoms. The van der Waals surface area contributed by atoms with Crippen molar-refractivity contribution in [3.63, 3.8) is 0 Å². The average Bonchev–Trinajstić information content (AvgIpc) is 2.48.